The molecule has 14 heavy (non-hydrogen) atoms. The molecule has 2 nitrogen and oxygen atoms in total. The van der Waals surface area contributed by atoms with Crippen LogP contribution >= 0.6 is 12.2 Å². The molecule has 1 saturated carbocycles. The van der Waals surface area contributed by atoms with Gasteiger partial charge in [-0.1, -0.05) is 18.2 Å². The number of hydrogen-bond donors (Lipinski definition) is 1. The maximum Gasteiger partial charge on any atom is 0.119 e. The Bertz CT molecular complexity index is 289. The molecule has 0 saturated heterocycles. The highest BCUT2D eigenvalue weighted by atomic mass is 32.1. The molecule has 0 radical (unpaired) electrons. The molecule has 1 aliphatic rings. The molecule has 0 bridgehead atoms. The second-order valence-corrected chi connectivity index (χ2v) is 3.29. The normalized spacial score (nSPS) is 14.3. The molecule has 0 unspecified atom stereocenters. The molecule has 1 aromatic rings. The van der Waals surface area contributed by atoms with E-state index in [1.54, 1.807) is 5.16 Å². The molecule has 3 heteroatoms. The van der Waals surface area contributed by atoms with Crippen molar-refractivity contribution >= 4 is 17.4 Å². The summed E-state index contributed by atoms with van der Waals surface area (Å²) >= 11 is 3.81. The van der Waals surface area contributed by atoms with E-state index < -0.39 is 0 Å². The van der Waals surface area contributed by atoms with E-state index in [9.17, 15) is 0 Å². The van der Waals surface area contributed by atoms with Crippen LogP contribution in [-0.4, -0.2) is 11.3 Å². The van der Waals surface area contributed by atoms with Crippen LogP contribution in [0.3, 0.4) is 0 Å². The highest BCUT2D eigenvalue weighted by Crippen LogP contribution is 2.24. The molecular formula is C11H13NOS. The number of benzene rings is 1. The lowest BCUT2D eigenvalue weighted by Gasteiger charge is -2.26. The van der Waals surface area contributed by atoms with Crippen molar-refractivity contribution in [1.29, 1.82) is 5.41 Å². The van der Waals surface area contributed by atoms with Crippen molar-refractivity contribution in [2.24, 2.45) is 0 Å². The minimum absolute atomic E-state index is 0.498. The quantitative estimate of drug-likeness (QED) is 0.596. The molecular weight excluding hydrogens is 194 g/mol. The first-order valence-corrected chi connectivity index (χ1v) is 5.03. The maximum absolute atomic E-state index is 5.77. The fraction of sp³-hybridized carbons (Fsp3) is 0.364. The molecule has 0 atom stereocenters. The monoisotopic (exact) mass is 207 g/mol. The fourth-order valence-electron chi connectivity index (χ4n) is 1.18. The Morgan fingerprint density at radius 3 is 2.29 bits per heavy atom. The highest BCUT2D eigenvalue weighted by molar-refractivity contribution is 7.78. The third-order valence-electron chi connectivity index (χ3n) is 2.10. The molecule has 1 N–H and O–H groups in total. The Labute approximate surface area is 89.4 Å². The van der Waals surface area contributed by atoms with Crippen LogP contribution in [0, 0.1) is 5.41 Å². The Kier molecular flexibility index (Phi) is 4.90. The molecule has 0 heterocycles. The van der Waals surface area contributed by atoms with Crippen molar-refractivity contribution in [2.45, 2.75) is 25.4 Å². The molecule has 2 rings (SSSR count). The highest BCUT2D eigenvalue weighted by Gasteiger charge is 2.18. The summed E-state index contributed by atoms with van der Waals surface area (Å²) in [4.78, 5) is 0. The third-order valence-corrected chi connectivity index (χ3v) is 2.10. The first-order chi connectivity index (χ1) is 6.86. The van der Waals surface area contributed by atoms with Gasteiger partial charge in [-0.15, -0.1) is 0 Å². The van der Waals surface area contributed by atoms with Gasteiger partial charge in [0.1, 0.15) is 5.75 Å². The van der Waals surface area contributed by atoms with Crippen molar-refractivity contribution in [2.75, 3.05) is 0 Å². The van der Waals surface area contributed by atoms with Crippen LogP contribution in [-0.2, 0) is 0 Å². The molecule has 0 spiro atoms. The van der Waals surface area contributed by atoms with Crippen LogP contribution in [0.4, 0.5) is 0 Å². The maximum atomic E-state index is 5.77. The zero-order valence-corrected chi connectivity index (χ0v) is 8.72. The van der Waals surface area contributed by atoms with Gasteiger partial charge in [-0.05, 0) is 43.6 Å². The van der Waals surface area contributed by atoms with Gasteiger partial charge < -0.3 is 4.74 Å². The van der Waals surface area contributed by atoms with Crippen molar-refractivity contribution in [3.05, 3.63) is 30.3 Å². The third kappa shape index (κ3) is 3.69. The summed E-state index contributed by atoms with van der Waals surface area (Å²) in [6.07, 6.45) is 4.29. The predicted molar refractivity (Wildman–Crippen MR) is 60.0 cm³/mol. The first kappa shape index (κ1) is 10.9. The molecule has 1 aromatic carbocycles. The van der Waals surface area contributed by atoms with Gasteiger partial charge in [-0.3, -0.25) is 0 Å². The first-order valence-electron chi connectivity index (χ1n) is 4.62. The summed E-state index contributed by atoms with van der Waals surface area (Å²) in [6.45, 7) is 0. The van der Waals surface area contributed by atoms with E-state index in [0.29, 0.717) is 6.10 Å². The van der Waals surface area contributed by atoms with Gasteiger partial charge in [0.05, 0.1) is 11.3 Å². The van der Waals surface area contributed by atoms with Gasteiger partial charge in [0.15, 0.2) is 0 Å². The molecule has 1 aliphatic carbocycles. The standard InChI is InChI=1S/C10H12O.CHNS/c1-2-5-9(6-3-1)11-10-7-4-8-10;2-1-3/h1-3,5-6,10H,4,7-8H2;2H. The predicted octanol–water partition coefficient (Wildman–Crippen LogP) is 3.29. The van der Waals surface area contributed by atoms with Gasteiger partial charge in [-0.2, -0.15) is 0 Å². The van der Waals surface area contributed by atoms with E-state index in [4.69, 9.17) is 10.1 Å². The molecule has 0 aliphatic heterocycles. The van der Waals surface area contributed by atoms with Gasteiger partial charge in [-0.25, -0.2) is 5.41 Å². The Balaban J connectivity index is 0.000000293. The van der Waals surface area contributed by atoms with Crippen LogP contribution in [0.2, 0.25) is 0 Å². The summed E-state index contributed by atoms with van der Waals surface area (Å²) in [6, 6.07) is 10.0. The second kappa shape index (κ2) is 6.30. The average Bonchev–Trinajstić information content (AvgIpc) is 2.15. The molecule has 0 aromatic heterocycles. The van der Waals surface area contributed by atoms with Crippen LogP contribution in [0.15, 0.2) is 30.3 Å². The minimum Gasteiger partial charge on any atom is -0.490 e. The van der Waals surface area contributed by atoms with E-state index >= 15 is 0 Å². The summed E-state index contributed by atoms with van der Waals surface area (Å²) in [7, 11) is 0. The minimum atomic E-state index is 0.498. The Morgan fingerprint density at radius 1 is 1.29 bits per heavy atom. The lowest BCUT2D eigenvalue weighted by atomic mass is 9.96. The van der Waals surface area contributed by atoms with Gasteiger partial charge >= 0.3 is 0 Å². The van der Waals surface area contributed by atoms with Gasteiger partial charge in [0.25, 0.3) is 0 Å². The number of rotatable bonds is 2. The Morgan fingerprint density at radius 2 is 1.86 bits per heavy atom. The lowest BCUT2D eigenvalue weighted by Crippen LogP contribution is -2.24. The van der Waals surface area contributed by atoms with Crippen molar-refractivity contribution in [3.8, 4) is 5.75 Å². The topological polar surface area (TPSA) is 33.1 Å². The van der Waals surface area contributed by atoms with Gasteiger partial charge in [0, 0.05) is 0 Å². The van der Waals surface area contributed by atoms with Crippen LogP contribution < -0.4 is 4.74 Å². The van der Waals surface area contributed by atoms with E-state index in [1.165, 1.54) is 19.3 Å². The average molecular weight is 207 g/mol. The molecule has 74 valence electrons. The van der Waals surface area contributed by atoms with E-state index in [1.807, 2.05) is 30.3 Å². The smallest absolute Gasteiger partial charge is 0.119 e. The van der Waals surface area contributed by atoms with E-state index in [-0.39, 0.29) is 0 Å². The number of thiocarbonyl (C=S) groups is 1. The van der Waals surface area contributed by atoms with Crippen LogP contribution in [0.5, 0.6) is 5.75 Å². The largest absolute Gasteiger partial charge is 0.490 e. The van der Waals surface area contributed by atoms with E-state index in [2.05, 4.69) is 12.2 Å². The molecule has 1 fully saturated rings. The van der Waals surface area contributed by atoms with Crippen molar-refractivity contribution in [1.82, 2.24) is 0 Å². The zero-order valence-electron chi connectivity index (χ0n) is 7.90. The van der Waals surface area contributed by atoms with Crippen molar-refractivity contribution < 1.29 is 4.74 Å². The van der Waals surface area contributed by atoms with Crippen LogP contribution in [0.25, 0.3) is 0 Å². The second-order valence-electron chi connectivity index (χ2n) is 3.09. The zero-order chi connectivity index (χ0) is 10.2. The number of isothiocyanates is 1. The Hall–Kier alpha value is -1.18. The number of nitrogens with one attached hydrogen (secondary N) is 1. The fourth-order valence-corrected chi connectivity index (χ4v) is 1.18. The SMILES string of the molecule is N=C=S.c1ccc(OC2CCC2)cc1. The lowest BCUT2D eigenvalue weighted by molar-refractivity contribution is 0.120. The molecule has 0 amide bonds. The number of ether oxygens (including phenoxy) is 1. The number of hydrogen-bond acceptors (Lipinski definition) is 3. The summed E-state index contributed by atoms with van der Waals surface area (Å²) in [5.41, 5.74) is 0. The number of para-hydroxylation sites is 1. The summed E-state index contributed by atoms with van der Waals surface area (Å²) in [5.74, 6) is 1.01. The van der Waals surface area contributed by atoms with E-state index in [0.717, 1.165) is 5.75 Å². The summed E-state index contributed by atoms with van der Waals surface area (Å²) in [5, 5.41) is 7.36. The van der Waals surface area contributed by atoms with Crippen LogP contribution in [0.1, 0.15) is 19.3 Å². The van der Waals surface area contributed by atoms with Gasteiger partial charge in [0.2, 0.25) is 0 Å². The van der Waals surface area contributed by atoms with Crippen molar-refractivity contribution in [3.63, 3.8) is 0 Å². The summed E-state index contributed by atoms with van der Waals surface area (Å²) < 4.78 is 5.65.